The highest BCUT2D eigenvalue weighted by Crippen LogP contribution is 2.67. The summed E-state index contributed by atoms with van der Waals surface area (Å²) in [6, 6.07) is 6.81. The van der Waals surface area contributed by atoms with Crippen LogP contribution >= 0.6 is 0 Å². The maximum atomic E-state index is 13.9. The van der Waals surface area contributed by atoms with E-state index in [1.807, 2.05) is 12.3 Å². The van der Waals surface area contributed by atoms with E-state index in [0.29, 0.717) is 36.4 Å². The van der Waals surface area contributed by atoms with E-state index in [0.717, 1.165) is 35.7 Å². The normalized spacial score (nSPS) is 33.7. The fourth-order valence-electron chi connectivity index (χ4n) is 6.03. The number of aromatic nitrogens is 1. The van der Waals surface area contributed by atoms with Crippen molar-refractivity contribution in [2.45, 2.75) is 64.6 Å². The first kappa shape index (κ1) is 18.2. The molecule has 2 unspecified atom stereocenters. The van der Waals surface area contributed by atoms with Crippen LogP contribution in [0.15, 0.2) is 30.5 Å². The topological polar surface area (TPSA) is 42.5 Å². The van der Waals surface area contributed by atoms with Crippen molar-refractivity contribution in [1.82, 2.24) is 4.98 Å². The predicted molar refractivity (Wildman–Crippen MR) is 106 cm³/mol. The van der Waals surface area contributed by atoms with Crippen molar-refractivity contribution in [2.75, 3.05) is 0 Å². The smallest absolute Gasteiger partial charge is 0.133 e. The molecule has 1 aromatic carbocycles. The number of fused-ring (bicyclic) bond motifs is 4. The highest BCUT2D eigenvalue weighted by molar-refractivity contribution is 5.83. The van der Waals surface area contributed by atoms with Crippen LogP contribution in [0.4, 0.5) is 4.39 Å². The van der Waals surface area contributed by atoms with Crippen molar-refractivity contribution in [2.24, 2.45) is 23.2 Å². The number of carbonyl (C=O) groups excluding carboxylic acids is 1. The second-order valence-corrected chi connectivity index (χ2v) is 10.4. The van der Waals surface area contributed by atoms with Crippen molar-refractivity contribution in [3.63, 3.8) is 0 Å². The molecule has 0 bridgehead atoms. The average molecular weight is 381 g/mol. The van der Waals surface area contributed by atoms with E-state index in [4.69, 9.17) is 4.74 Å². The molecule has 2 saturated carbocycles. The largest absolute Gasteiger partial charge is 0.361 e. The predicted octanol–water partition coefficient (Wildman–Crippen LogP) is 5.41. The summed E-state index contributed by atoms with van der Waals surface area (Å²) in [6.45, 7) is 6.38. The number of epoxide rings is 1. The molecule has 0 N–H and O–H groups in total. The van der Waals surface area contributed by atoms with E-state index >= 15 is 0 Å². The number of Topliss-reactive ketones (excluding diaryl/α,β-unsaturated/α-hetero) is 1. The van der Waals surface area contributed by atoms with Gasteiger partial charge in [-0.1, -0.05) is 20.8 Å². The maximum Gasteiger partial charge on any atom is 0.133 e. The third kappa shape index (κ3) is 2.97. The summed E-state index contributed by atoms with van der Waals surface area (Å²) in [5, 5.41) is 0.877. The quantitative estimate of drug-likeness (QED) is 0.665. The number of halogens is 1. The van der Waals surface area contributed by atoms with E-state index in [1.54, 1.807) is 12.1 Å². The zero-order chi connectivity index (χ0) is 19.7. The Kier molecular flexibility index (Phi) is 3.97. The number of hydrogen-bond donors (Lipinski definition) is 0. The van der Waals surface area contributed by atoms with Gasteiger partial charge in [0.1, 0.15) is 17.2 Å². The monoisotopic (exact) mass is 381 g/mol. The van der Waals surface area contributed by atoms with Crippen LogP contribution in [0.1, 0.15) is 58.4 Å². The molecule has 2 heterocycles. The van der Waals surface area contributed by atoms with Crippen LogP contribution in [0.3, 0.4) is 0 Å². The van der Waals surface area contributed by atoms with Gasteiger partial charge in [-0.2, -0.15) is 0 Å². The number of hydrogen-bond acceptors (Lipinski definition) is 3. The molecule has 2 aliphatic carbocycles. The molecule has 5 rings (SSSR count). The van der Waals surface area contributed by atoms with Crippen LogP contribution in [-0.4, -0.2) is 16.9 Å². The molecule has 0 radical (unpaired) electrons. The SMILES string of the molecule is CC(C)(C)CC(=O)C[C@@H]1C[C@@H]2CC3(c4ccnc5ccc(F)cc45)OC3[C@@H]2C1. The van der Waals surface area contributed by atoms with Crippen molar-refractivity contribution in [3.8, 4) is 0 Å². The first-order valence-electron chi connectivity index (χ1n) is 10.5. The Morgan fingerprint density at radius 2 is 2.11 bits per heavy atom. The van der Waals surface area contributed by atoms with E-state index in [1.165, 1.54) is 6.07 Å². The van der Waals surface area contributed by atoms with Gasteiger partial charge in [0.15, 0.2) is 0 Å². The summed E-state index contributed by atoms with van der Waals surface area (Å²) in [7, 11) is 0. The minimum Gasteiger partial charge on any atom is -0.361 e. The molecule has 3 nitrogen and oxygen atoms in total. The van der Waals surface area contributed by atoms with Gasteiger partial charge in [0, 0.05) is 24.4 Å². The van der Waals surface area contributed by atoms with Crippen molar-refractivity contribution in [1.29, 1.82) is 0 Å². The van der Waals surface area contributed by atoms with Gasteiger partial charge < -0.3 is 4.74 Å². The minimum atomic E-state index is -0.259. The second-order valence-electron chi connectivity index (χ2n) is 10.4. The zero-order valence-electron chi connectivity index (χ0n) is 16.9. The molecule has 5 atom stereocenters. The van der Waals surface area contributed by atoms with Crippen LogP contribution in [-0.2, 0) is 15.1 Å². The van der Waals surface area contributed by atoms with E-state index < -0.39 is 0 Å². The number of nitrogens with zero attached hydrogens (tertiary/aromatic N) is 1. The molecular formula is C24H28FNO2. The van der Waals surface area contributed by atoms with Gasteiger partial charge in [0.25, 0.3) is 0 Å². The fourth-order valence-corrected chi connectivity index (χ4v) is 6.03. The fraction of sp³-hybridized carbons (Fsp3) is 0.583. The molecule has 0 spiro atoms. The van der Waals surface area contributed by atoms with Crippen LogP contribution in [0.5, 0.6) is 0 Å². The summed E-state index contributed by atoms with van der Waals surface area (Å²) in [5.41, 5.74) is 1.73. The average Bonchev–Trinajstić information content (AvgIpc) is 3.04. The Morgan fingerprint density at radius 1 is 1.29 bits per heavy atom. The lowest BCUT2D eigenvalue weighted by Crippen LogP contribution is -2.16. The van der Waals surface area contributed by atoms with Crippen molar-refractivity contribution in [3.05, 3.63) is 41.8 Å². The minimum absolute atomic E-state index is 0.0675. The van der Waals surface area contributed by atoms with Crippen LogP contribution in [0.25, 0.3) is 10.9 Å². The molecular weight excluding hydrogens is 353 g/mol. The molecule has 1 aliphatic heterocycles. The van der Waals surface area contributed by atoms with Gasteiger partial charge >= 0.3 is 0 Å². The van der Waals surface area contributed by atoms with Gasteiger partial charge in [-0.05, 0) is 72.3 Å². The van der Waals surface area contributed by atoms with E-state index in [-0.39, 0.29) is 22.9 Å². The molecule has 1 aromatic heterocycles. The Labute approximate surface area is 165 Å². The highest BCUT2D eigenvalue weighted by atomic mass is 19.1. The standard InChI is InChI=1S/C24H28FNO2/c1-23(2,3)13-17(27)9-14-8-15-12-24(22(28-24)18(15)10-14)20-6-7-26-21-5-4-16(25)11-19(20)21/h4-7,11,14-15,18,22H,8-10,12-13H2,1-3H3/t14-,15+,18+,22?,24?/m0/s1. The Bertz CT molecular complexity index is 949. The van der Waals surface area contributed by atoms with Gasteiger partial charge in [-0.25, -0.2) is 4.39 Å². The number of benzene rings is 1. The van der Waals surface area contributed by atoms with Crippen LogP contribution < -0.4 is 0 Å². The van der Waals surface area contributed by atoms with Crippen molar-refractivity contribution >= 4 is 16.7 Å². The lowest BCUT2D eigenvalue weighted by Gasteiger charge is -2.19. The third-order valence-corrected chi connectivity index (χ3v) is 6.94. The summed E-state index contributed by atoms with van der Waals surface area (Å²) >= 11 is 0. The molecule has 148 valence electrons. The molecule has 0 amide bonds. The van der Waals surface area contributed by atoms with Crippen molar-refractivity contribution < 1.29 is 13.9 Å². The first-order valence-corrected chi connectivity index (χ1v) is 10.5. The number of carbonyl (C=O) groups is 1. The number of rotatable bonds is 4. The number of pyridine rings is 1. The maximum absolute atomic E-state index is 13.9. The van der Waals surface area contributed by atoms with Crippen LogP contribution in [0, 0.1) is 29.0 Å². The molecule has 3 aliphatic rings. The first-order chi connectivity index (χ1) is 13.2. The molecule has 4 heteroatoms. The van der Waals surface area contributed by atoms with Gasteiger partial charge in [0.2, 0.25) is 0 Å². The zero-order valence-corrected chi connectivity index (χ0v) is 16.9. The van der Waals surface area contributed by atoms with Gasteiger partial charge in [-0.15, -0.1) is 0 Å². The molecule has 1 saturated heterocycles. The van der Waals surface area contributed by atoms with Gasteiger partial charge in [-0.3, -0.25) is 9.78 Å². The van der Waals surface area contributed by atoms with Crippen LogP contribution in [0.2, 0.25) is 0 Å². The highest BCUT2D eigenvalue weighted by Gasteiger charge is 2.70. The molecule has 2 aromatic rings. The lowest BCUT2D eigenvalue weighted by molar-refractivity contribution is -0.121. The summed E-state index contributed by atoms with van der Waals surface area (Å²) in [4.78, 5) is 16.8. The van der Waals surface area contributed by atoms with E-state index in [9.17, 15) is 9.18 Å². The van der Waals surface area contributed by atoms with Gasteiger partial charge in [0.05, 0.1) is 11.6 Å². The Balaban J connectivity index is 1.32. The third-order valence-electron chi connectivity index (χ3n) is 6.94. The summed E-state index contributed by atoms with van der Waals surface area (Å²) < 4.78 is 20.1. The summed E-state index contributed by atoms with van der Waals surface area (Å²) in [5.74, 6) is 1.81. The Morgan fingerprint density at radius 3 is 2.86 bits per heavy atom. The van der Waals surface area contributed by atoms with E-state index in [2.05, 4.69) is 25.8 Å². The second kappa shape index (κ2) is 6.09. The summed E-state index contributed by atoms with van der Waals surface area (Å²) in [6.07, 6.45) is 6.61. The molecule has 3 fully saturated rings. The molecule has 28 heavy (non-hydrogen) atoms. The number of ketones is 1. The number of ether oxygens (including phenoxy) is 1. The Hall–Kier alpha value is -1.81. The lowest BCUT2D eigenvalue weighted by atomic mass is 9.85.